The van der Waals surface area contributed by atoms with E-state index in [1.807, 2.05) is 6.26 Å². The summed E-state index contributed by atoms with van der Waals surface area (Å²) in [7, 11) is 0. The van der Waals surface area contributed by atoms with E-state index in [0.29, 0.717) is 10.6 Å². The molecule has 1 aromatic heterocycles. The van der Waals surface area contributed by atoms with Crippen molar-refractivity contribution < 1.29 is 4.79 Å². The number of carbonyl (C=O) groups is 1. The highest BCUT2D eigenvalue weighted by molar-refractivity contribution is 7.99. The number of primary amides is 1. The Labute approximate surface area is 128 Å². The van der Waals surface area contributed by atoms with Gasteiger partial charge >= 0.3 is 0 Å². The maximum absolute atomic E-state index is 11.5. The Morgan fingerprint density at radius 3 is 2.45 bits per heavy atom. The smallest absolute Gasteiger partial charge is 0.261 e. The quantitative estimate of drug-likeness (QED) is 0.838. The number of piperidine rings is 1. The van der Waals surface area contributed by atoms with Gasteiger partial charge in [0.25, 0.3) is 5.91 Å². The van der Waals surface area contributed by atoms with Gasteiger partial charge in [-0.1, -0.05) is 13.8 Å². The second-order valence-corrected chi connectivity index (χ2v) is 7.43. The maximum Gasteiger partial charge on any atom is 0.261 e. The third-order valence-electron chi connectivity index (χ3n) is 4.08. The first kappa shape index (κ1) is 15.5. The Hall–Kier alpha value is -0.880. The molecule has 4 N–H and O–H groups in total. The molecule has 1 saturated heterocycles. The molecule has 0 saturated carbocycles. The van der Waals surface area contributed by atoms with E-state index in [1.165, 1.54) is 24.2 Å². The second kappa shape index (κ2) is 6.26. The molecule has 0 bridgehead atoms. The molecule has 0 aliphatic carbocycles. The Morgan fingerprint density at radius 1 is 1.40 bits per heavy atom. The Balaban J connectivity index is 2.21. The Bertz CT molecular complexity index is 491. The van der Waals surface area contributed by atoms with Gasteiger partial charge in [-0.15, -0.1) is 23.1 Å². The number of anilines is 2. The fraction of sp³-hybridized carbons (Fsp3) is 0.643. The van der Waals surface area contributed by atoms with E-state index >= 15 is 0 Å². The van der Waals surface area contributed by atoms with Crippen molar-refractivity contribution in [1.82, 2.24) is 0 Å². The van der Waals surface area contributed by atoms with Crippen molar-refractivity contribution in [1.29, 1.82) is 0 Å². The zero-order valence-electron chi connectivity index (χ0n) is 12.3. The minimum absolute atomic E-state index is 0.425. The molecule has 20 heavy (non-hydrogen) atoms. The summed E-state index contributed by atoms with van der Waals surface area (Å²) in [5, 5.41) is 1.12. The molecule has 0 atom stereocenters. The zero-order chi connectivity index (χ0) is 14.9. The number of rotatable bonds is 4. The van der Waals surface area contributed by atoms with E-state index in [9.17, 15) is 4.79 Å². The van der Waals surface area contributed by atoms with Crippen molar-refractivity contribution in [3.63, 3.8) is 0 Å². The number of nitrogens with zero attached hydrogens (tertiary/aromatic N) is 1. The minimum atomic E-state index is -0.425. The van der Waals surface area contributed by atoms with Crippen LogP contribution in [0.5, 0.6) is 0 Å². The fourth-order valence-corrected chi connectivity index (χ4v) is 4.86. The van der Waals surface area contributed by atoms with Crippen LogP contribution in [0.4, 0.5) is 10.7 Å². The van der Waals surface area contributed by atoms with E-state index in [1.54, 1.807) is 11.8 Å². The largest absolute Gasteiger partial charge is 0.396 e. The molecule has 4 nitrogen and oxygen atoms in total. The van der Waals surface area contributed by atoms with Gasteiger partial charge in [0.15, 0.2) is 0 Å². The SMILES string of the molecule is CSc1c(N2CCC(C(C)C)CC2)sc(C(N)=O)c1N. The Kier molecular flexibility index (Phi) is 4.86. The number of carbonyl (C=O) groups excluding carboxylic acids is 1. The molecule has 112 valence electrons. The summed E-state index contributed by atoms with van der Waals surface area (Å²) in [5.74, 6) is 1.12. The van der Waals surface area contributed by atoms with Crippen molar-refractivity contribution in [2.24, 2.45) is 17.6 Å². The molecule has 1 aliphatic rings. The number of nitrogens with two attached hydrogens (primary N) is 2. The van der Waals surface area contributed by atoms with Crippen molar-refractivity contribution in [2.45, 2.75) is 31.6 Å². The standard InChI is InChI=1S/C14H23N3OS2/c1-8(2)9-4-6-17(7-5-9)14-12(19-3)10(15)11(20-14)13(16)18/h8-9H,4-7,15H2,1-3H3,(H2,16,18). The van der Waals surface area contributed by atoms with Gasteiger partial charge in [0, 0.05) is 13.1 Å². The number of nitrogen functional groups attached to an aromatic ring is 1. The van der Waals surface area contributed by atoms with E-state index in [-0.39, 0.29) is 0 Å². The summed E-state index contributed by atoms with van der Waals surface area (Å²) in [6.07, 6.45) is 4.40. The number of amides is 1. The zero-order valence-corrected chi connectivity index (χ0v) is 13.9. The van der Waals surface area contributed by atoms with Gasteiger partial charge in [0.05, 0.1) is 10.6 Å². The number of thioether (sulfide) groups is 1. The molecule has 0 spiro atoms. The highest BCUT2D eigenvalue weighted by Crippen LogP contribution is 2.44. The normalized spacial score (nSPS) is 16.9. The van der Waals surface area contributed by atoms with E-state index in [2.05, 4.69) is 18.7 Å². The van der Waals surface area contributed by atoms with Crippen molar-refractivity contribution >= 4 is 39.7 Å². The van der Waals surface area contributed by atoms with Crippen LogP contribution < -0.4 is 16.4 Å². The van der Waals surface area contributed by atoms with E-state index in [4.69, 9.17) is 11.5 Å². The van der Waals surface area contributed by atoms with Gasteiger partial charge in [-0.2, -0.15) is 0 Å². The van der Waals surface area contributed by atoms with E-state index < -0.39 is 5.91 Å². The third kappa shape index (κ3) is 2.91. The van der Waals surface area contributed by atoms with Crippen LogP contribution in [-0.4, -0.2) is 25.3 Å². The average Bonchev–Trinajstić information content (AvgIpc) is 2.75. The van der Waals surface area contributed by atoms with Crippen LogP contribution in [0.25, 0.3) is 0 Å². The van der Waals surface area contributed by atoms with Gasteiger partial charge in [0.1, 0.15) is 9.88 Å². The lowest BCUT2D eigenvalue weighted by atomic mass is 9.87. The fourth-order valence-electron chi connectivity index (χ4n) is 2.77. The molecule has 2 heterocycles. The average molecular weight is 313 g/mol. The first-order chi connectivity index (χ1) is 9.45. The van der Waals surface area contributed by atoms with Crippen molar-refractivity contribution in [2.75, 3.05) is 30.0 Å². The molecule has 0 unspecified atom stereocenters. The minimum Gasteiger partial charge on any atom is -0.396 e. The van der Waals surface area contributed by atoms with Crippen LogP contribution in [0.3, 0.4) is 0 Å². The lowest BCUT2D eigenvalue weighted by Gasteiger charge is -2.35. The van der Waals surface area contributed by atoms with Gasteiger partial charge in [-0.05, 0) is 30.9 Å². The predicted octanol–water partition coefficient (Wildman–Crippen LogP) is 3.02. The summed E-state index contributed by atoms with van der Waals surface area (Å²) < 4.78 is 0. The summed E-state index contributed by atoms with van der Waals surface area (Å²) in [6, 6.07) is 0. The van der Waals surface area contributed by atoms with Crippen LogP contribution in [0.2, 0.25) is 0 Å². The molecule has 0 aromatic carbocycles. The molecule has 0 radical (unpaired) electrons. The summed E-state index contributed by atoms with van der Waals surface area (Å²) in [4.78, 5) is 15.3. The van der Waals surface area contributed by atoms with Gasteiger partial charge < -0.3 is 16.4 Å². The molecule has 6 heteroatoms. The highest BCUT2D eigenvalue weighted by Gasteiger charge is 2.27. The summed E-state index contributed by atoms with van der Waals surface area (Å²) in [5.41, 5.74) is 12.0. The number of hydrogen-bond acceptors (Lipinski definition) is 5. The maximum atomic E-state index is 11.5. The topological polar surface area (TPSA) is 72.3 Å². The van der Waals surface area contributed by atoms with Crippen LogP contribution in [-0.2, 0) is 0 Å². The van der Waals surface area contributed by atoms with Gasteiger partial charge in [-0.3, -0.25) is 4.79 Å². The Morgan fingerprint density at radius 2 is 2.00 bits per heavy atom. The third-order valence-corrected chi connectivity index (χ3v) is 6.31. The van der Waals surface area contributed by atoms with Crippen molar-refractivity contribution in [3.05, 3.63) is 4.88 Å². The summed E-state index contributed by atoms with van der Waals surface area (Å²) in [6.45, 7) is 6.66. The van der Waals surface area contributed by atoms with Crippen LogP contribution in [0.15, 0.2) is 4.90 Å². The molecule has 2 rings (SSSR count). The summed E-state index contributed by atoms with van der Waals surface area (Å²) >= 11 is 3.04. The van der Waals surface area contributed by atoms with Crippen LogP contribution >= 0.6 is 23.1 Å². The lowest BCUT2D eigenvalue weighted by Crippen LogP contribution is -2.35. The van der Waals surface area contributed by atoms with E-state index in [0.717, 1.165) is 34.8 Å². The highest BCUT2D eigenvalue weighted by atomic mass is 32.2. The molecular weight excluding hydrogens is 290 g/mol. The molecule has 1 aromatic rings. The molecule has 1 amide bonds. The van der Waals surface area contributed by atoms with Gasteiger partial charge in [-0.25, -0.2) is 0 Å². The number of hydrogen-bond donors (Lipinski definition) is 2. The van der Waals surface area contributed by atoms with Crippen LogP contribution in [0.1, 0.15) is 36.4 Å². The first-order valence-electron chi connectivity index (χ1n) is 6.96. The van der Waals surface area contributed by atoms with Crippen molar-refractivity contribution in [3.8, 4) is 0 Å². The second-order valence-electron chi connectivity index (χ2n) is 5.62. The van der Waals surface area contributed by atoms with Crippen LogP contribution in [0, 0.1) is 11.8 Å². The molecule has 1 fully saturated rings. The molecule has 1 aliphatic heterocycles. The first-order valence-corrected chi connectivity index (χ1v) is 9.00. The monoisotopic (exact) mass is 313 g/mol. The predicted molar refractivity (Wildman–Crippen MR) is 88.8 cm³/mol. The molecular formula is C14H23N3OS2. The lowest BCUT2D eigenvalue weighted by molar-refractivity contribution is 0.100. The van der Waals surface area contributed by atoms with Gasteiger partial charge in [0.2, 0.25) is 0 Å². The number of thiophene rings is 1.